The number of carbonyl (C=O) groups is 2. The van der Waals surface area contributed by atoms with Gasteiger partial charge in [0.05, 0.1) is 0 Å². The molecule has 0 unspecified atom stereocenters. The number of hydrogen-bond acceptors (Lipinski definition) is 3. The molecule has 1 fully saturated rings. The highest BCUT2D eigenvalue weighted by Crippen LogP contribution is 2.43. The lowest BCUT2D eigenvalue weighted by atomic mass is 9.64. The van der Waals surface area contributed by atoms with Gasteiger partial charge in [0, 0.05) is 30.8 Å². The van der Waals surface area contributed by atoms with Crippen molar-refractivity contribution >= 4 is 12.0 Å². The van der Waals surface area contributed by atoms with E-state index in [1.165, 1.54) is 0 Å². The fraction of sp³-hybridized carbons (Fsp3) is 0.529. The topological polar surface area (TPSA) is 87.7 Å². The first-order valence-electron chi connectivity index (χ1n) is 7.87. The number of para-hydroxylation sites is 1. The van der Waals surface area contributed by atoms with Crippen molar-refractivity contribution in [2.45, 2.75) is 45.3 Å². The summed E-state index contributed by atoms with van der Waals surface area (Å²) in [5.74, 6) is -0.0182. The minimum atomic E-state index is -0.853. The monoisotopic (exact) mass is 320 g/mol. The average molecular weight is 320 g/mol. The Morgan fingerprint density at radius 3 is 2.61 bits per heavy atom. The summed E-state index contributed by atoms with van der Waals surface area (Å²) in [4.78, 5) is 22.2. The van der Waals surface area contributed by atoms with Gasteiger partial charge in [0.2, 0.25) is 0 Å². The molecule has 23 heavy (non-hydrogen) atoms. The van der Waals surface area contributed by atoms with Gasteiger partial charge in [0.15, 0.2) is 0 Å². The van der Waals surface area contributed by atoms with Gasteiger partial charge >= 0.3 is 12.0 Å². The van der Waals surface area contributed by atoms with Crippen LogP contribution in [0, 0.1) is 5.41 Å². The van der Waals surface area contributed by atoms with Gasteiger partial charge in [-0.25, -0.2) is 4.79 Å². The fourth-order valence-electron chi connectivity index (χ4n) is 2.64. The first-order valence-corrected chi connectivity index (χ1v) is 7.87. The van der Waals surface area contributed by atoms with E-state index < -0.39 is 5.97 Å². The second-order valence-electron chi connectivity index (χ2n) is 6.43. The second-order valence-corrected chi connectivity index (χ2v) is 6.43. The molecule has 1 aliphatic carbocycles. The number of carbonyl (C=O) groups excluding carboxylic acids is 1. The van der Waals surface area contributed by atoms with Crippen LogP contribution in [0.3, 0.4) is 0 Å². The van der Waals surface area contributed by atoms with Crippen LogP contribution < -0.4 is 15.4 Å². The Morgan fingerprint density at radius 1 is 1.30 bits per heavy atom. The van der Waals surface area contributed by atoms with Crippen LogP contribution in [0.2, 0.25) is 0 Å². The maximum absolute atomic E-state index is 11.8. The summed E-state index contributed by atoms with van der Waals surface area (Å²) in [6.07, 6.45) is 1.30. The molecule has 126 valence electrons. The summed E-state index contributed by atoms with van der Waals surface area (Å²) in [5, 5.41) is 14.2. The molecule has 0 saturated heterocycles. The number of carboxylic acid groups (broad SMARTS) is 1. The first kappa shape index (κ1) is 17.1. The number of aliphatic carboxylic acids is 1. The zero-order valence-corrected chi connectivity index (χ0v) is 13.5. The third kappa shape index (κ3) is 4.61. The van der Waals surface area contributed by atoms with Crippen molar-refractivity contribution in [1.29, 1.82) is 0 Å². The molecule has 0 aliphatic heterocycles. The van der Waals surface area contributed by atoms with E-state index in [9.17, 15) is 9.59 Å². The average Bonchev–Trinajstić information content (AvgIpc) is 2.51. The molecule has 1 saturated carbocycles. The SMILES string of the molecule is CC1(C)[C@@H](NC(=O)NCCCC(=O)O)C[C@H]1Oc1ccccc1. The van der Waals surface area contributed by atoms with E-state index in [4.69, 9.17) is 9.84 Å². The Morgan fingerprint density at radius 2 is 2.00 bits per heavy atom. The van der Waals surface area contributed by atoms with Crippen LogP contribution in [0.4, 0.5) is 4.79 Å². The lowest BCUT2D eigenvalue weighted by Crippen LogP contribution is -2.64. The lowest BCUT2D eigenvalue weighted by molar-refractivity contribution is -0.137. The molecule has 0 heterocycles. The van der Waals surface area contributed by atoms with Crippen molar-refractivity contribution in [1.82, 2.24) is 10.6 Å². The molecule has 0 bridgehead atoms. The van der Waals surface area contributed by atoms with Gasteiger partial charge in [-0.2, -0.15) is 0 Å². The largest absolute Gasteiger partial charge is 0.490 e. The number of nitrogens with one attached hydrogen (secondary N) is 2. The maximum Gasteiger partial charge on any atom is 0.315 e. The highest BCUT2D eigenvalue weighted by Gasteiger charge is 2.50. The van der Waals surface area contributed by atoms with Gasteiger partial charge in [0.1, 0.15) is 11.9 Å². The summed E-state index contributed by atoms with van der Waals surface area (Å²) >= 11 is 0. The van der Waals surface area contributed by atoms with E-state index >= 15 is 0 Å². The van der Waals surface area contributed by atoms with Crippen LogP contribution >= 0.6 is 0 Å². The number of carboxylic acids is 1. The van der Waals surface area contributed by atoms with Crippen molar-refractivity contribution in [2.75, 3.05) is 6.54 Å². The molecule has 1 aliphatic rings. The zero-order chi connectivity index (χ0) is 16.9. The van der Waals surface area contributed by atoms with Crippen molar-refractivity contribution in [2.24, 2.45) is 5.41 Å². The summed E-state index contributed by atoms with van der Waals surface area (Å²) in [5.41, 5.74) is -0.158. The van der Waals surface area contributed by atoms with Crippen LogP contribution in [-0.4, -0.2) is 35.8 Å². The van der Waals surface area contributed by atoms with Crippen LogP contribution in [0.1, 0.15) is 33.1 Å². The van der Waals surface area contributed by atoms with Crippen molar-refractivity contribution in [3.8, 4) is 5.75 Å². The molecule has 6 nitrogen and oxygen atoms in total. The van der Waals surface area contributed by atoms with E-state index in [0.717, 1.165) is 12.2 Å². The van der Waals surface area contributed by atoms with Crippen molar-refractivity contribution < 1.29 is 19.4 Å². The molecule has 2 rings (SSSR count). The number of benzene rings is 1. The van der Waals surface area contributed by atoms with Gasteiger partial charge in [-0.3, -0.25) is 4.79 Å². The van der Waals surface area contributed by atoms with E-state index in [0.29, 0.717) is 13.0 Å². The summed E-state index contributed by atoms with van der Waals surface area (Å²) < 4.78 is 5.97. The number of urea groups is 1. The molecular weight excluding hydrogens is 296 g/mol. The quantitative estimate of drug-likeness (QED) is 0.673. The molecule has 1 aromatic carbocycles. The van der Waals surface area contributed by atoms with E-state index in [1.54, 1.807) is 0 Å². The number of hydrogen-bond donors (Lipinski definition) is 3. The number of ether oxygens (including phenoxy) is 1. The molecule has 3 N–H and O–H groups in total. The van der Waals surface area contributed by atoms with Crippen molar-refractivity contribution in [3.63, 3.8) is 0 Å². The Kier molecular flexibility index (Phi) is 5.47. The molecule has 0 radical (unpaired) electrons. The minimum Gasteiger partial charge on any atom is -0.490 e. The standard InChI is InChI=1S/C17H24N2O4/c1-17(2)13(19-16(22)18-10-6-9-15(20)21)11-14(17)23-12-7-4-3-5-8-12/h3-5,7-8,13-14H,6,9-11H2,1-2H3,(H,20,21)(H2,18,19,22)/t13-,14+/m0/s1. The lowest BCUT2D eigenvalue weighted by Gasteiger charge is -2.51. The van der Waals surface area contributed by atoms with Crippen LogP contribution in [0.5, 0.6) is 5.75 Å². The summed E-state index contributed by atoms with van der Waals surface area (Å²) in [7, 11) is 0. The predicted molar refractivity (Wildman–Crippen MR) is 86.4 cm³/mol. The van der Waals surface area contributed by atoms with E-state index in [2.05, 4.69) is 24.5 Å². The molecule has 0 spiro atoms. The fourth-order valence-corrected chi connectivity index (χ4v) is 2.64. The van der Waals surface area contributed by atoms with Crippen LogP contribution in [0.15, 0.2) is 30.3 Å². The second kappa shape index (κ2) is 7.35. The first-order chi connectivity index (χ1) is 10.9. The maximum atomic E-state index is 11.8. The smallest absolute Gasteiger partial charge is 0.315 e. The molecule has 0 aromatic heterocycles. The van der Waals surface area contributed by atoms with E-state index in [1.807, 2.05) is 30.3 Å². The number of amides is 2. The number of rotatable bonds is 7. The third-order valence-corrected chi connectivity index (χ3v) is 4.36. The van der Waals surface area contributed by atoms with Crippen molar-refractivity contribution in [3.05, 3.63) is 30.3 Å². The summed E-state index contributed by atoms with van der Waals surface area (Å²) in [6, 6.07) is 9.43. The minimum absolute atomic E-state index is 0.0377. The van der Waals surface area contributed by atoms with Gasteiger partial charge in [0.25, 0.3) is 0 Å². The molecular formula is C17H24N2O4. The molecule has 6 heteroatoms. The van der Waals surface area contributed by atoms with Gasteiger partial charge in [-0.05, 0) is 18.6 Å². The van der Waals surface area contributed by atoms with Gasteiger partial charge in [-0.15, -0.1) is 0 Å². The van der Waals surface area contributed by atoms with E-state index in [-0.39, 0.29) is 30.0 Å². The molecule has 2 amide bonds. The third-order valence-electron chi connectivity index (χ3n) is 4.36. The Balaban J connectivity index is 1.73. The Bertz CT molecular complexity index is 545. The Hall–Kier alpha value is -2.24. The summed E-state index contributed by atoms with van der Waals surface area (Å²) in [6.45, 7) is 4.49. The van der Waals surface area contributed by atoms with Gasteiger partial charge < -0.3 is 20.5 Å². The highest BCUT2D eigenvalue weighted by atomic mass is 16.5. The van der Waals surface area contributed by atoms with Gasteiger partial charge in [-0.1, -0.05) is 32.0 Å². The molecule has 1 aromatic rings. The van der Waals surface area contributed by atoms with Crippen LogP contribution in [-0.2, 0) is 4.79 Å². The molecule has 2 atom stereocenters. The normalized spacial score (nSPS) is 21.8. The highest BCUT2D eigenvalue weighted by molar-refractivity contribution is 5.74. The zero-order valence-electron chi connectivity index (χ0n) is 13.5. The Labute approximate surface area is 136 Å². The predicted octanol–water partition coefficient (Wildman–Crippen LogP) is 2.40. The van der Waals surface area contributed by atoms with Crippen LogP contribution in [0.25, 0.3) is 0 Å².